The van der Waals surface area contributed by atoms with Gasteiger partial charge in [-0.2, -0.15) is 0 Å². The van der Waals surface area contributed by atoms with Crippen molar-refractivity contribution in [2.75, 3.05) is 4.43 Å². The van der Waals surface area contributed by atoms with E-state index in [2.05, 4.69) is 110 Å². The molecule has 4 aliphatic carbocycles. The van der Waals surface area contributed by atoms with Gasteiger partial charge in [-0.15, -0.1) is 0 Å². The van der Waals surface area contributed by atoms with Crippen LogP contribution in [0.25, 0.3) is 0 Å². The highest BCUT2D eigenvalue weighted by Gasteiger charge is 2.63. The van der Waals surface area contributed by atoms with Crippen LogP contribution in [0.15, 0.2) is 11.6 Å². The first kappa shape index (κ1) is 30.8. The van der Waals surface area contributed by atoms with Gasteiger partial charge in [0, 0.05) is 10.5 Å². The van der Waals surface area contributed by atoms with E-state index < -0.39 is 16.6 Å². The van der Waals surface area contributed by atoms with Gasteiger partial charge in [-0.1, -0.05) is 89.6 Å². The molecular formula is C32H59IO2Si2. The summed E-state index contributed by atoms with van der Waals surface area (Å²) < 4.78 is 15.5. The van der Waals surface area contributed by atoms with Gasteiger partial charge in [-0.3, -0.25) is 0 Å². The van der Waals surface area contributed by atoms with E-state index in [1.165, 1.54) is 55.8 Å². The maximum Gasteiger partial charge on any atom is 0.192 e. The zero-order chi connectivity index (χ0) is 27.9. The van der Waals surface area contributed by atoms with Crippen LogP contribution in [0.1, 0.15) is 107 Å². The molecule has 0 aromatic carbocycles. The minimum Gasteiger partial charge on any atom is -0.414 e. The van der Waals surface area contributed by atoms with Crippen molar-refractivity contribution in [2.24, 2.45) is 28.1 Å². The molecule has 37 heavy (non-hydrogen) atoms. The van der Waals surface area contributed by atoms with Gasteiger partial charge in [0.25, 0.3) is 0 Å². The zero-order valence-corrected chi connectivity index (χ0v) is 30.6. The summed E-state index contributed by atoms with van der Waals surface area (Å²) in [6.07, 6.45) is 14.1. The third kappa shape index (κ3) is 4.97. The van der Waals surface area contributed by atoms with Gasteiger partial charge in [0.1, 0.15) is 0 Å². The average Bonchev–Trinajstić information content (AvgIpc) is 3.08. The molecule has 0 bridgehead atoms. The molecule has 0 unspecified atom stereocenters. The number of halogens is 1. The molecule has 0 radical (unpaired) electrons. The molecule has 214 valence electrons. The molecule has 3 saturated carbocycles. The van der Waals surface area contributed by atoms with E-state index in [0.717, 1.165) is 11.8 Å². The number of allylic oxidation sites excluding steroid dienone is 2. The highest BCUT2D eigenvalue weighted by atomic mass is 127. The predicted octanol–water partition coefficient (Wildman–Crippen LogP) is 10.5. The summed E-state index contributed by atoms with van der Waals surface area (Å²) in [7, 11) is -3.52. The van der Waals surface area contributed by atoms with Crippen LogP contribution in [-0.2, 0) is 8.85 Å². The molecule has 0 aliphatic heterocycles. The highest BCUT2D eigenvalue weighted by molar-refractivity contribution is 14.1. The minimum atomic E-state index is -1.77. The average molecular weight is 659 g/mol. The third-order valence-corrected chi connectivity index (χ3v) is 23.5. The smallest absolute Gasteiger partial charge is 0.192 e. The monoisotopic (exact) mass is 658 g/mol. The van der Waals surface area contributed by atoms with Crippen LogP contribution in [0.5, 0.6) is 0 Å². The lowest BCUT2D eigenvalue weighted by Crippen LogP contribution is -2.57. The molecule has 0 amide bonds. The molecule has 0 heterocycles. The van der Waals surface area contributed by atoms with Crippen molar-refractivity contribution in [3.05, 3.63) is 11.6 Å². The quantitative estimate of drug-likeness (QED) is 0.127. The summed E-state index contributed by atoms with van der Waals surface area (Å²) >= 11 is 2.74. The van der Waals surface area contributed by atoms with E-state index in [1.807, 2.05) is 5.57 Å². The normalized spacial score (nSPS) is 41.1. The van der Waals surface area contributed by atoms with Gasteiger partial charge in [0.05, 0.1) is 6.10 Å². The largest absolute Gasteiger partial charge is 0.414 e. The summed E-state index contributed by atoms with van der Waals surface area (Å²) in [4.78, 5) is 0. The lowest BCUT2D eigenvalue weighted by molar-refractivity contribution is -0.0667. The molecular weight excluding hydrogens is 599 g/mol. The molecule has 2 nitrogen and oxygen atoms in total. The maximum absolute atomic E-state index is 7.17. The fourth-order valence-corrected chi connectivity index (χ4v) is 12.7. The molecule has 5 heteroatoms. The van der Waals surface area contributed by atoms with Crippen molar-refractivity contribution in [3.8, 4) is 0 Å². The van der Waals surface area contributed by atoms with Crippen molar-refractivity contribution in [1.29, 1.82) is 0 Å². The SMILES string of the molecule is CC(C)(C)[Si](C)(C)O[C@H]1CC[C@]2(C)C3=CC[C@]4(C)[C@@H](O[Si](C)(C)C(C)(C)C)CC[C@H]4[C@@H]3CC[C@]2(CI)C1. The molecule has 0 saturated heterocycles. The van der Waals surface area contributed by atoms with E-state index in [0.29, 0.717) is 28.5 Å². The van der Waals surface area contributed by atoms with Gasteiger partial charge < -0.3 is 8.85 Å². The Morgan fingerprint density at radius 3 is 2.03 bits per heavy atom. The summed E-state index contributed by atoms with van der Waals surface area (Å²) in [5.74, 6) is 1.57. The van der Waals surface area contributed by atoms with Crippen LogP contribution in [-0.4, -0.2) is 33.3 Å². The Morgan fingerprint density at radius 1 is 0.865 bits per heavy atom. The molecule has 0 aromatic rings. The highest BCUT2D eigenvalue weighted by Crippen LogP contribution is 2.69. The summed E-state index contributed by atoms with van der Waals surface area (Å²) in [6, 6.07) is 0. The van der Waals surface area contributed by atoms with Gasteiger partial charge in [-0.25, -0.2) is 0 Å². The number of fused-ring (bicyclic) bond motifs is 5. The molecule has 3 fully saturated rings. The molecule has 0 N–H and O–H groups in total. The summed E-state index contributed by atoms with van der Waals surface area (Å²) in [5, 5.41) is 0.561. The standard InChI is InChI=1S/C32H59IO2Si2/c1-28(2,3)36(9,10)34-23-15-19-31(8)26-17-18-30(7)25(24(26)16-20-32(31,21-23)22-33)13-14-27(30)35-37(11,12)29(4,5)6/h17,23-25,27H,13-16,18-22H2,1-12H3/t23-,24-,25-,27-,30-,31+,32+/m0/s1. The van der Waals surface area contributed by atoms with Crippen molar-refractivity contribution in [3.63, 3.8) is 0 Å². The third-order valence-electron chi connectivity index (χ3n) is 13.1. The Morgan fingerprint density at radius 2 is 1.46 bits per heavy atom. The number of hydrogen-bond donors (Lipinski definition) is 0. The van der Waals surface area contributed by atoms with E-state index in [9.17, 15) is 0 Å². The van der Waals surface area contributed by atoms with Crippen LogP contribution >= 0.6 is 22.6 Å². The second kappa shape index (κ2) is 9.69. The zero-order valence-electron chi connectivity index (χ0n) is 26.4. The molecule has 4 aliphatic rings. The Kier molecular flexibility index (Phi) is 8.06. The van der Waals surface area contributed by atoms with Gasteiger partial charge >= 0.3 is 0 Å². The Bertz CT molecular complexity index is 899. The summed E-state index contributed by atoms with van der Waals surface area (Å²) in [5.41, 5.74) is 2.90. The first-order valence-corrected chi connectivity index (χ1v) is 22.7. The number of hydrogen-bond acceptors (Lipinski definition) is 2. The van der Waals surface area contributed by atoms with E-state index in [4.69, 9.17) is 8.85 Å². The van der Waals surface area contributed by atoms with Crippen LogP contribution in [0.2, 0.25) is 36.3 Å². The molecule has 7 atom stereocenters. The Balaban J connectivity index is 1.59. The number of rotatable bonds is 5. The first-order valence-electron chi connectivity index (χ1n) is 15.4. The number of alkyl halides is 1. The lowest BCUT2D eigenvalue weighted by Gasteiger charge is -2.63. The van der Waals surface area contributed by atoms with Crippen molar-refractivity contribution >= 4 is 39.2 Å². The van der Waals surface area contributed by atoms with Crippen LogP contribution in [0.3, 0.4) is 0 Å². The summed E-state index contributed by atoms with van der Waals surface area (Å²) in [6.45, 7) is 29.4. The minimum absolute atomic E-state index is 0.278. The second-order valence-corrected chi connectivity index (χ2v) is 27.3. The first-order chi connectivity index (χ1) is 16.7. The fraction of sp³-hybridized carbons (Fsp3) is 0.938. The van der Waals surface area contributed by atoms with Crippen molar-refractivity contribution in [1.82, 2.24) is 0 Å². The van der Waals surface area contributed by atoms with E-state index >= 15 is 0 Å². The van der Waals surface area contributed by atoms with Gasteiger partial charge in [0.2, 0.25) is 0 Å². The molecule has 0 spiro atoms. The van der Waals surface area contributed by atoms with Crippen LogP contribution in [0, 0.1) is 28.1 Å². The van der Waals surface area contributed by atoms with E-state index in [-0.39, 0.29) is 10.1 Å². The van der Waals surface area contributed by atoms with Gasteiger partial charge in [0.15, 0.2) is 16.6 Å². The van der Waals surface area contributed by atoms with E-state index in [1.54, 1.807) is 0 Å². The van der Waals surface area contributed by atoms with Crippen LogP contribution in [0.4, 0.5) is 0 Å². The Labute approximate surface area is 246 Å². The molecule has 4 rings (SSSR count). The van der Waals surface area contributed by atoms with Gasteiger partial charge in [-0.05, 0) is 116 Å². The predicted molar refractivity (Wildman–Crippen MR) is 174 cm³/mol. The van der Waals surface area contributed by atoms with Crippen LogP contribution < -0.4 is 0 Å². The Hall–Kier alpha value is 0.824. The topological polar surface area (TPSA) is 18.5 Å². The fourth-order valence-electron chi connectivity index (χ4n) is 8.29. The maximum atomic E-state index is 7.17. The molecule has 0 aromatic heterocycles. The van der Waals surface area contributed by atoms with Crippen molar-refractivity contribution in [2.45, 2.75) is 155 Å². The second-order valence-electron chi connectivity index (χ2n) is 17.1. The lowest BCUT2D eigenvalue weighted by atomic mass is 9.44. The van der Waals surface area contributed by atoms with Crippen molar-refractivity contribution < 1.29 is 8.85 Å².